The van der Waals surface area contributed by atoms with Crippen LogP contribution < -0.4 is 14.4 Å². The van der Waals surface area contributed by atoms with Crippen LogP contribution >= 0.6 is 0 Å². The Labute approximate surface area is 92.6 Å². The minimum atomic E-state index is -2.35. The molecule has 0 aromatic heterocycles. The van der Waals surface area contributed by atoms with Crippen LogP contribution in [0.15, 0.2) is 12.1 Å². The van der Waals surface area contributed by atoms with Crippen LogP contribution in [0.3, 0.4) is 0 Å². The number of hydrogen-bond acceptors (Lipinski definition) is 3. The highest BCUT2D eigenvalue weighted by Gasteiger charge is 2.18. The number of fused-ring (bicyclic) bond motifs is 1. The maximum Gasteiger partial charge on any atom is 0.255 e. The fourth-order valence-corrected chi connectivity index (χ4v) is 1.75. The van der Waals surface area contributed by atoms with Gasteiger partial charge in [0.25, 0.3) is 6.43 Å². The van der Waals surface area contributed by atoms with Gasteiger partial charge in [-0.15, -0.1) is 0 Å². The Morgan fingerprint density at radius 1 is 1.31 bits per heavy atom. The van der Waals surface area contributed by atoms with Crippen LogP contribution in [0.25, 0.3) is 0 Å². The number of nitrogens with zero attached hydrogens (tertiary/aromatic N) is 1. The van der Waals surface area contributed by atoms with E-state index in [1.54, 1.807) is 19.2 Å². The van der Waals surface area contributed by atoms with Gasteiger partial charge in [-0.1, -0.05) is 0 Å². The zero-order valence-electron chi connectivity index (χ0n) is 9.17. The molecular weight excluding hydrogens is 216 g/mol. The normalized spacial score (nSPS) is 13.3. The van der Waals surface area contributed by atoms with Crippen molar-refractivity contribution in [2.45, 2.75) is 13.3 Å². The lowest BCUT2D eigenvalue weighted by molar-refractivity contribution is 0.156. The molecule has 0 radical (unpaired) electrons. The first-order chi connectivity index (χ1) is 7.58. The third-order valence-corrected chi connectivity index (χ3v) is 2.51. The van der Waals surface area contributed by atoms with Crippen molar-refractivity contribution in [3.8, 4) is 11.5 Å². The number of alkyl halides is 2. The fourth-order valence-electron chi connectivity index (χ4n) is 1.75. The summed E-state index contributed by atoms with van der Waals surface area (Å²) in [6.45, 7) is 1.76. The van der Waals surface area contributed by atoms with E-state index in [4.69, 9.17) is 9.47 Å². The van der Waals surface area contributed by atoms with Gasteiger partial charge in [0.2, 0.25) is 6.79 Å². The topological polar surface area (TPSA) is 21.7 Å². The van der Waals surface area contributed by atoms with Crippen molar-refractivity contribution in [2.75, 3.05) is 25.3 Å². The van der Waals surface area contributed by atoms with Crippen LogP contribution in [0.1, 0.15) is 5.56 Å². The van der Waals surface area contributed by atoms with Gasteiger partial charge >= 0.3 is 0 Å². The van der Waals surface area contributed by atoms with Crippen molar-refractivity contribution in [3.05, 3.63) is 17.7 Å². The van der Waals surface area contributed by atoms with Crippen molar-refractivity contribution in [3.63, 3.8) is 0 Å². The van der Waals surface area contributed by atoms with Crippen molar-refractivity contribution in [2.24, 2.45) is 0 Å². The van der Waals surface area contributed by atoms with E-state index in [0.29, 0.717) is 11.5 Å². The van der Waals surface area contributed by atoms with Crippen molar-refractivity contribution in [1.29, 1.82) is 0 Å². The molecule has 1 aliphatic rings. The van der Waals surface area contributed by atoms with Crippen molar-refractivity contribution >= 4 is 5.69 Å². The number of ether oxygens (including phenoxy) is 2. The molecule has 88 valence electrons. The molecule has 0 aliphatic carbocycles. The molecule has 16 heavy (non-hydrogen) atoms. The summed E-state index contributed by atoms with van der Waals surface area (Å²) >= 11 is 0. The number of hydrogen-bond donors (Lipinski definition) is 0. The molecule has 0 atom stereocenters. The Balaban J connectivity index is 2.27. The van der Waals surface area contributed by atoms with Gasteiger partial charge in [-0.25, -0.2) is 8.78 Å². The predicted octanol–water partition coefficient (Wildman–Crippen LogP) is 2.43. The molecule has 2 rings (SSSR count). The van der Waals surface area contributed by atoms with Crippen molar-refractivity contribution in [1.82, 2.24) is 0 Å². The molecule has 0 saturated carbocycles. The molecule has 0 amide bonds. The van der Waals surface area contributed by atoms with E-state index < -0.39 is 6.43 Å². The molecule has 0 N–H and O–H groups in total. The van der Waals surface area contributed by atoms with Crippen LogP contribution in [0, 0.1) is 6.92 Å². The smallest absolute Gasteiger partial charge is 0.255 e. The molecule has 1 aliphatic heterocycles. The quantitative estimate of drug-likeness (QED) is 0.794. The minimum Gasteiger partial charge on any atom is -0.454 e. The Bertz CT molecular complexity index is 396. The lowest BCUT2D eigenvalue weighted by Crippen LogP contribution is -2.24. The molecule has 0 unspecified atom stereocenters. The van der Waals surface area contributed by atoms with E-state index in [-0.39, 0.29) is 13.3 Å². The third-order valence-electron chi connectivity index (χ3n) is 2.51. The van der Waals surface area contributed by atoms with E-state index in [9.17, 15) is 8.78 Å². The molecule has 0 bridgehead atoms. The van der Waals surface area contributed by atoms with Crippen molar-refractivity contribution < 1.29 is 18.3 Å². The summed E-state index contributed by atoms with van der Waals surface area (Å²) in [7, 11) is 1.64. The second kappa shape index (κ2) is 4.15. The molecule has 5 heteroatoms. The summed E-state index contributed by atoms with van der Waals surface area (Å²) in [6, 6.07) is 3.54. The standard InChI is InChI=1S/C11H13F2NO2/c1-7-3-9-10(16-6-15-9)4-8(7)14(2)5-11(12)13/h3-4,11H,5-6H2,1-2H3. The maximum absolute atomic E-state index is 12.3. The van der Waals surface area contributed by atoms with E-state index in [2.05, 4.69) is 0 Å². The molecule has 0 fully saturated rings. The highest BCUT2D eigenvalue weighted by molar-refractivity contribution is 5.61. The van der Waals surface area contributed by atoms with Gasteiger partial charge in [0.1, 0.15) is 0 Å². The second-order valence-electron chi connectivity index (χ2n) is 3.76. The summed E-state index contributed by atoms with van der Waals surface area (Å²) in [5, 5.41) is 0. The minimum absolute atomic E-state index is 0.191. The first kappa shape index (κ1) is 11.0. The molecule has 0 spiro atoms. The van der Waals surface area contributed by atoms with Gasteiger partial charge in [-0.2, -0.15) is 0 Å². The summed E-state index contributed by atoms with van der Waals surface area (Å²) in [5.74, 6) is 1.29. The van der Waals surface area contributed by atoms with E-state index in [0.717, 1.165) is 11.3 Å². The molecular formula is C11H13F2NO2. The average molecular weight is 229 g/mol. The van der Waals surface area contributed by atoms with Crippen LogP contribution in [-0.4, -0.2) is 26.8 Å². The Kier molecular flexibility index (Phi) is 2.85. The first-order valence-corrected chi connectivity index (χ1v) is 4.97. The Morgan fingerprint density at radius 3 is 2.56 bits per heavy atom. The van der Waals surface area contributed by atoms with Crippen LogP contribution in [0.5, 0.6) is 11.5 Å². The van der Waals surface area contributed by atoms with Gasteiger partial charge in [0.05, 0.1) is 6.54 Å². The van der Waals surface area contributed by atoms with Crippen LogP contribution in [0.2, 0.25) is 0 Å². The Morgan fingerprint density at radius 2 is 1.94 bits per heavy atom. The predicted molar refractivity (Wildman–Crippen MR) is 56.6 cm³/mol. The fraction of sp³-hybridized carbons (Fsp3) is 0.455. The van der Waals surface area contributed by atoms with E-state index in [1.807, 2.05) is 6.92 Å². The molecule has 1 aromatic rings. The van der Waals surface area contributed by atoms with E-state index >= 15 is 0 Å². The molecule has 1 heterocycles. The first-order valence-electron chi connectivity index (χ1n) is 4.97. The SMILES string of the molecule is Cc1cc2c(cc1N(C)CC(F)F)OCO2. The van der Waals surface area contributed by atoms with Gasteiger partial charge in [-0.3, -0.25) is 0 Å². The van der Waals surface area contributed by atoms with Crippen LogP contribution in [0.4, 0.5) is 14.5 Å². The molecule has 3 nitrogen and oxygen atoms in total. The average Bonchev–Trinajstić information content (AvgIpc) is 2.61. The van der Waals surface area contributed by atoms with Gasteiger partial charge in [0, 0.05) is 18.8 Å². The second-order valence-corrected chi connectivity index (χ2v) is 3.76. The van der Waals surface area contributed by atoms with Gasteiger partial charge in [0.15, 0.2) is 11.5 Å². The number of rotatable bonds is 3. The third kappa shape index (κ3) is 2.03. The molecule has 0 saturated heterocycles. The van der Waals surface area contributed by atoms with Gasteiger partial charge < -0.3 is 14.4 Å². The molecule has 1 aromatic carbocycles. The number of halogens is 2. The monoisotopic (exact) mass is 229 g/mol. The lowest BCUT2D eigenvalue weighted by Gasteiger charge is -2.21. The van der Waals surface area contributed by atoms with Gasteiger partial charge in [-0.05, 0) is 18.6 Å². The van der Waals surface area contributed by atoms with E-state index in [1.165, 1.54) is 4.90 Å². The Hall–Kier alpha value is -1.52. The lowest BCUT2D eigenvalue weighted by atomic mass is 10.1. The highest BCUT2D eigenvalue weighted by atomic mass is 19.3. The zero-order valence-corrected chi connectivity index (χ0v) is 9.17. The summed E-state index contributed by atoms with van der Waals surface area (Å²) in [5.41, 5.74) is 1.64. The largest absolute Gasteiger partial charge is 0.454 e. The summed E-state index contributed by atoms with van der Waals surface area (Å²) < 4.78 is 35.0. The zero-order chi connectivity index (χ0) is 11.7. The summed E-state index contributed by atoms with van der Waals surface area (Å²) in [6.07, 6.45) is -2.35. The maximum atomic E-state index is 12.3. The number of anilines is 1. The number of aryl methyl sites for hydroxylation is 1. The number of benzene rings is 1. The highest BCUT2D eigenvalue weighted by Crippen LogP contribution is 2.37. The summed E-state index contributed by atoms with van der Waals surface area (Å²) in [4.78, 5) is 1.52. The van der Waals surface area contributed by atoms with Crippen LogP contribution in [-0.2, 0) is 0 Å².